The van der Waals surface area contributed by atoms with Crippen LogP contribution in [-0.4, -0.2) is 0 Å². The van der Waals surface area contributed by atoms with E-state index in [-0.39, 0.29) is 0 Å². The summed E-state index contributed by atoms with van der Waals surface area (Å²) in [4.78, 5) is 7.20. The lowest BCUT2D eigenvalue weighted by molar-refractivity contribution is 0.593. The molecule has 1 aliphatic rings. The lowest BCUT2D eigenvalue weighted by atomic mass is 9.86. The van der Waals surface area contributed by atoms with Crippen molar-refractivity contribution in [3.8, 4) is 77.9 Å². The molecule has 0 spiro atoms. The molecule has 0 aliphatic heterocycles. The van der Waals surface area contributed by atoms with Gasteiger partial charge in [0.2, 0.25) is 0 Å². The van der Waals surface area contributed by atoms with Gasteiger partial charge in [0.1, 0.15) is 0 Å². The van der Waals surface area contributed by atoms with Crippen molar-refractivity contribution in [2.75, 3.05) is 14.7 Å². The predicted molar refractivity (Wildman–Crippen MR) is 532 cm³/mol. The van der Waals surface area contributed by atoms with Gasteiger partial charge >= 0.3 is 0 Å². The minimum atomic E-state index is 1.05. The Morgan fingerprint density at radius 3 is 0.839 bits per heavy atom. The van der Waals surface area contributed by atoms with Crippen LogP contribution >= 0.6 is 0 Å². The minimum Gasteiger partial charge on any atom is -0.310 e. The van der Waals surface area contributed by atoms with Crippen LogP contribution in [0, 0.1) is 6.92 Å². The van der Waals surface area contributed by atoms with Gasteiger partial charge in [-0.25, -0.2) is 0 Å². The lowest BCUT2D eigenvalue weighted by Crippen LogP contribution is -2.10. The molecule has 20 rings (SSSR count). The average molecular weight is 1590 g/mol. The lowest BCUT2D eigenvalue weighted by Gasteiger charge is -2.27. The number of unbranched alkanes of at least 4 members (excludes halogenated alkanes) is 5. The number of hydrogen-bond acceptors (Lipinski definition) is 3. The summed E-state index contributed by atoms with van der Waals surface area (Å²) in [6.07, 6.45) is 16.1. The van der Waals surface area contributed by atoms with E-state index in [1.54, 1.807) is 11.1 Å². The van der Waals surface area contributed by atoms with Crippen molar-refractivity contribution in [2.24, 2.45) is 0 Å². The highest BCUT2D eigenvalue weighted by molar-refractivity contribution is 6.23. The number of benzene rings is 19. The van der Waals surface area contributed by atoms with Crippen LogP contribution in [0.2, 0.25) is 0 Å². The molecule has 3 heteroatoms. The molecule has 0 saturated carbocycles. The van der Waals surface area contributed by atoms with Gasteiger partial charge in [-0.2, -0.15) is 0 Å². The summed E-state index contributed by atoms with van der Waals surface area (Å²) < 4.78 is 0. The van der Waals surface area contributed by atoms with Crippen molar-refractivity contribution in [1.82, 2.24) is 0 Å². The zero-order valence-electron chi connectivity index (χ0n) is 70.2. The Labute approximate surface area is 729 Å². The first-order chi connectivity index (χ1) is 61.3. The molecule has 0 saturated heterocycles. The Morgan fingerprint density at radius 2 is 0.492 bits per heavy atom. The summed E-state index contributed by atoms with van der Waals surface area (Å²) in [6, 6.07) is 153. The highest BCUT2D eigenvalue weighted by Gasteiger charge is 2.24. The number of fused-ring (bicyclic) bond motifs is 5. The SMILES string of the molecule is C=Cc1cccc(-c2cccc(N(c3ccccc3)c3ccc(-c4c5ccccc5c(-c5ccc(N(c6ccc(-c7ccc(N(c8ccc(-c9c%10ccccc%10c(-c%10ccc(C)cc%10)c%10ccccc9%10)cc8)c8cccc(CCCCCCCCc9ccc%10c(c9)CC%10)c8)cc7)cc6)c6cccc(-c7cccc(C=C)c7)c6)cc5)c5ccccc45)cc3)c2)c1. The van der Waals surface area contributed by atoms with Crippen molar-refractivity contribution in [1.29, 1.82) is 0 Å². The summed E-state index contributed by atoms with van der Waals surface area (Å²) in [5.74, 6) is 0. The Bertz CT molecular complexity index is 7010. The molecule has 0 radical (unpaired) electrons. The molecule has 124 heavy (non-hydrogen) atoms. The number of nitrogens with zero attached hydrogens (tertiary/aromatic N) is 3. The van der Waals surface area contributed by atoms with E-state index in [2.05, 4.69) is 447 Å². The Kier molecular flexibility index (Phi) is 22.0. The number of para-hydroxylation sites is 1. The Hall–Kier alpha value is -14.9. The maximum absolute atomic E-state index is 4.13. The van der Waals surface area contributed by atoms with Crippen LogP contribution in [0.25, 0.3) is 133 Å². The van der Waals surface area contributed by atoms with Gasteiger partial charge < -0.3 is 14.7 Å². The second kappa shape index (κ2) is 35.0. The molecule has 596 valence electrons. The molecule has 19 aromatic carbocycles. The number of hydrogen-bond donors (Lipinski definition) is 0. The minimum absolute atomic E-state index is 1.05. The summed E-state index contributed by atoms with van der Waals surface area (Å²) >= 11 is 0. The molecular weight excluding hydrogens is 1500 g/mol. The standard InChI is InChI=1S/C121H97N3/c1-4-85-30-23-33-96(78-85)98-35-26-40-108(82-98)122(101-37-13-10-14-38-101)104-72-62-93(63-73-104)120-114-46-19-21-48-116(114)121(117-49-22-20-47-115(117)120)95-66-76-106(77-67-95)124(109-41-27-36-99(83-109)97-34-24-31-86(5-2)79-97)103-70-60-90(61-71-103)89-58-68-102(69-59-89)123(107-39-25-32-87(81-107)28-11-8-6-7-9-12-29-88-52-55-91-56-57-100(91)80-88)105-74-64-94(65-75-105)119-112-44-17-15-42-110(112)118(92-53-50-84(3)51-54-92)111-43-16-18-45-113(111)119/h4-5,10,13-27,30-55,58-83H,1-2,6-9,11-12,28-29,56-57H2,3H3. The van der Waals surface area contributed by atoms with Gasteiger partial charge in [-0.3, -0.25) is 0 Å². The van der Waals surface area contributed by atoms with E-state index in [0.717, 1.165) is 113 Å². The van der Waals surface area contributed by atoms with Crippen molar-refractivity contribution in [2.45, 2.75) is 71.1 Å². The van der Waals surface area contributed by atoms with Crippen molar-refractivity contribution >= 4 is 106 Å². The highest BCUT2D eigenvalue weighted by atomic mass is 15.2. The Morgan fingerprint density at radius 1 is 0.210 bits per heavy atom. The third-order valence-corrected chi connectivity index (χ3v) is 25.4. The van der Waals surface area contributed by atoms with Gasteiger partial charge in [0.15, 0.2) is 0 Å². The Balaban J connectivity index is 0.614. The molecule has 0 atom stereocenters. The first-order valence-electron chi connectivity index (χ1n) is 44.1. The molecule has 0 amide bonds. The zero-order chi connectivity index (χ0) is 83.2. The van der Waals surface area contributed by atoms with Crippen molar-refractivity contribution in [3.63, 3.8) is 0 Å². The molecule has 3 nitrogen and oxygen atoms in total. The third kappa shape index (κ3) is 15.8. The molecule has 0 unspecified atom stereocenters. The molecule has 0 fully saturated rings. The fourth-order valence-electron chi connectivity index (χ4n) is 19.0. The quantitative estimate of drug-likeness (QED) is 0.0375. The molecule has 19 aromatic rings. The van der Waals surface area contributed by atoms with E-state index < -0.39 is 0 Å². The van der Waals surface area contributed by atoms with Crippen LogP contribution in [0.1, 0.15) is 77.5 Å². The second-order valence-electron chi connectivity index (χ2n) is 33.3. The third-order valence-electron chi connectivity index (χ3n) is 25.4. The summed E-state index contributed by atoms with van der Waals surface area (Å²) in [6.45, 7) is 10.3. The van der Waals surface area contributed by atoms with Crippen LogP contribution in [-0.2, 0) is 25.7 Å². The van der Waals surface area contributed by atoms with Crippen LogP contribution in [0.3, 0.4) is 0 Å². The number of rotatable bonds is 27. The fourth-order valence-corrected chi connectivity index (χ4v) is 19.0. The van der Waals surface area contributed by atoms with Gasteiger partial charge in [0, 0.05) is 51.2 Å². The summed E-state index contributed by atoms with van der Waals surface area (Å²) in [5.41, 5.74) is 35.7. The van der Waals surface area contributed by atoms with Gasteiger partial charge in [-0.1, -0.05) is 348 Å². The van der Waals surface area contributed by atoms with E-state index in [9.17, 15) is 0 Å². The van der Waals surface area contributed by atoms with E-state index >= 15 is 0 Å². The molecule has 0 aromatic heterocycles. The maximum Gasteiger partial charge on any atom is 0.0467 e. The first kappa shape index (κ1) is 77.7. The average Bonchev–Trinajstić information content (AvgIpc) is 0.735. The van der Waals surface area contributed by atoms with E-state index in [1.807, 2.05) is 12.2 Å². The molecule has 0 bridgehead atoms. The van der Waals surface area contributed by atoms with E-state index in [1.165, 1.54) is 151 Å². The summed E-state index contributed by atoms with van der Waals surface area (Å²) in [7, 11) is 0. The molecular formula is C121H97N3. The fraction of sp³-hybridized carbons (Fsp3) is 0.0909. The number of anilines is 9. The van der Waals surface area contributed by atoms with Gasteiger partial charge in [-0.05, 0) is 321 Å². The highest BCUT2D eigenvalue weighted by Crippen LogP contribution is 2.50. The van der Waals surface area contributed by atoms with Crippen LogP contribution in [0.5, 0.6) is 0 Å². The number of aryl methyl sites for hydroxylation is 5. The first-order valence-corrected chi connectivity index (χ1v) is 44.1. The predicted octanol–water partition coefficient (Wildman–Crippen LogP) is 34.2. The zero-order valence-corrected chi connectivity index (χ0v) is 70.2. The van der Waals surface area contributed by atoms with Crippen LogP contribution < -0.4 is 14.7 Å². The van der Waals surface area contributed by atoms with Crippen molar-refractivity contribution < 1.29 is 0 Å². The molecule has 0 N–H and O–H groups in total. The molecule has 0 heterocycles. The van der Waals surface area contributed by atoms with Crippen LogP contribution in [0.15, 0.2) is 426 Å². The maximum atomic E-state index is 4.13. The van der Waals surface area contributed by atoms with Gasteiger partial charge in [-0.15, -0.1) is 0 Å². The monoisotopic (exact) mass is 1590 g/mol. The van der Waals surface area contributed by atoms with E-state index in [0.29, 0.717) is 0 Å². The smallest absolute Gasteiger partial charge is 0.0467 e. The van der Waals surface area contributed by atoms with Gasteiger partial charge in [0.25, 0.3) is 0 Å². The molecule has 1 aliphatic carbocycles. The largest absolute Gasteiger partial charge is 0.310 e. The van der Waals surface area contributed by atoms with Gasteiger partial charge in [0.05, 0.1) is 0 Å². The second-order valence-corrected chi connectivity index (χ2v) is 33.3. The van der Waals surface area contributed by atoms with Crippen LogP contribution in [0.4, 0.5) is 51.2 Å². The normalized spacial score (nSPS) is 11.7. The summed E-state index contributed by atoms with van der Waals surface area (Å²) in [5, 5.41) is 9.81. The van der Waals surface area contributed by atoms with Crippen molar-refractivity contribution in [3.05, 3.63) is 465 Å². The van der Waals surface area contributed by atoms with E-state index in [4.69, 9.17) is 0 Å². The topological polar surface area (TPSA) is 9.72 Å².